The van der Waals surface area contributed by atoms with Gasteiger partial charge in [-0.1, -0.05) is 18.2 Å². The molecule has 21 heavy (non-hydrogen) atoms. The zero-order valence-electron chi connectivity index (χ0n) is 11.3. The van der Waals surface area contributed by atoms with Crippen molar-refractivity contribution in [3.05, 3.63) is 30.5 Å². The van der Waals surface area contributed by atoms with Gasteiger partial charge in [0.15, 0.2) is 0 Å². The zero-order valence-corrected chi connectivity index (χ0v) is 12.8. The van der Waals surface area contributed by atoms with E-state index < -0.39 is 9.05 Å². The number of fused-ring (bicyclic) bond motifs is 1. The Morgan fingerprint density at radius 1 is 1.33 bits per heavy atom. The van der Waals surface area contributed by atoms with E-state index in [4.69, 9.17) is 10.7 Å². The Bertz CT molecular complexity index is 794. The molecule has 0 spiro atoms. The van der Waals surface area contributed by atoms with Gasteiger partial charge in [0, 0.05) is 34.3 Å². The second-order valence-electron chi connectivity index (χ2n) is 5.32. The summed E-state index contributed by atoms with van der Waals surface area (Å²) in [5.41, 5.74) is 0.679. The zero-order chi connectivity index (χ0) is 15.0. The summed E-state index contributed by atoms with van der Waals surface area (Å²) < 4.78 is 24.9. The smallest absolute Gasteiger partial charge is 0.263 e. The lowest BCUT2D eigenvalue weighted by Gasteiger charge is -2.06. The van der Waals surface area contributed by atoms with Crippen LogP contribution in [0.1, 0.15) is 12.8 Å². The van der Waals surface area contributed by atoms with Crippen LogP contribution in [0.3, 0.4) is 0 Å². The molecule has 1 fully saturated rings. The number of amides is 1. The average Bonchev–Trinajstić information content (AvgIpc) is 3.18. The van der Waals surface area contributed by atoms with Gasteiger partial charge in [-0.3, -0.25) is 4.79 Å². The molecule has 0 saturated heterocycles. The topological polar surface area (TPSA) is 68.2 Å². The van der Waals surface area contributed by atoms with E-state index in [-0.39, 0.29) is 17.3 Å². The number of benzene rings is 1. The van der Waals surface area contributed by atoms with Crippen LogP contribution in [-0.4, -0.2) is 25.4 Å². The Labute approximate surface area is 127 Å². The van der Waals surface area contributed by atoms with Gasteiger partial charge < -0.3 is 9.88 Å². The highest BCUT2D eigenvalue weighted by Gasteiger charge is 2.22. The number of rotatable bonds is 5. The molecular weight excluding hydrogens is 312 g/mol. The summed E-state index contributed by atoms with van der Waals surface area (Å²) in [4.78, 5) is 12.0. The second kappa shape index (κ2) is 5.35. The first-order valence-corrected chi connectivity index (χ1v) is 9.05. The van der Waals surface area contributed by atoms with E-state index in [0.29, 0.717) is 23.4 Å². The highest BCUT2D eigenvalue weighted by Crippen LogP contribution is 2.28. The van der Waals surface area contributed by atoms with Gasteiger partial charge >= 0.3 is 0 Å². The fourth-order valence-electron chi connectivity index (χ4n) is 2.33. The molecule has 3 rings (SSSR count). The van der Waals surface area contributed by atoms with E-state index in [1.54, 1.807) is 28.8 Å². The lowest BCUT2D eigenvalue weighted by molar-refractivity contribution is -0.121. The molecule has 7 heteroatoms. The number of para-hydroxylation sites is 1. The van der Waals surface area contributed by atoms with Crippen LogP contribution in [0.4, 0.5) is 0 Å². The van der Waals surface area contributed by atoms with Gasteiger partial charge in [0.05, 0.1) is 0 Å². The van der Waals surface area contributed by atoms with E-state index in [2.05, 4.69) is 5.32 Å². The van der Waals surface area contributed by atoms with Crippen molar-refractivity contribution < 1.29 is 13.2 Å². The monoisotopic (exact) mass is 326 g/mol. The summed E-state index contributed by atoms with van der Waals surface area (Å²) >= 11 is 0. The second-order valence-corrected chi connectivity index (χ2v) is 7.86. The number of nitrogens with one attached hydrogen (secondary N) is 1. The van der Waals surface area contributed by atoms with Crippen LogP contribution in [-0.2, 0) is 20.4 Å². The van der Waals surface area contributed by atoms with Crippen molar-refractivity contribution in [1.29, 1.82) is 0 Å². The first-order valence-electron chi connectivity index (χ1n) is 6.74. The summed E-state index contributed by atoms with van der Waals surface area (Å²) in [5.74, 6) is 0.482. The van der Waals surface area contributed by atoms with Gasteiger partial charge in [0.1, 0.15) is 11.4 Å². The molecule has 2 aromatic rings. The van der Waals surface area contributed by atoms with E-state index >= 15 is 0 Å². The maximum absolute atomic E-state index is 11.9. The summed E-state index contributed by atoms with van der Waals surface area (Å²) in [5, 5.41) is 3.39. The SMILES string of the molecule is O=C(Cn1cc(S(=O)(=O)Cl)c2ccccc21)NCC1CC1. The third-order valence-electron chi connectivity index (χ3n) is 3.61. The predicted molar refractivity (Wildman–Crippen MR) is 80.7 cm³/mol. The summed E-state index contributed by atoms with van der Waals surface area (Å²) in [6.07, 6.45) is 3.76. The van der Waals surface area contributed by atoms with E-state index in [0.717, 1.165) is 0 Å². The molecule has 5 nitrogen and oxygen atoms in total. The van der Waals surface area contributed by atoms with Crippen LogP contribution in [0.25, 0.3) is 10.9 Å². The maximum atomic E-state index is 11.9. The van der Waals surface area contributed by atoms with E-state index in [9.17, 15) is 13.2 Å². The van der Waals surface area contributed by atoms with Gasteiger partial charge in [-0.15, -0.1) is 0 Å². The molecule has 1 N–H and O–H groups in total. The largest absolute Gasteiger partial charge is 0.354 e. The van der Waals surface area contributed by atoms with Crippen LogP contribution >= 0.6 is 10.7 Å². The number of carbonyl (C=O) groups excluding carboxylic acids is 1. The fraction of sp³-hybridized carbons (Fsp3) is 0.357. The van der Waals surface area contributed by atoms with E-state index in [1.165, 1.54) is 19.0 Å². The fourth-order valence-corrected chi connectivity index (χ4v) is 3.39. The Morgan fingerprint density at radius 3 is 2.71 bits per heavy atom. The van der Waals surface area contributed by atoms with Gasteiger partial charge in [0.25, 0.3) is 9.05 Å². The molecule has 0 unspecified atom stereocenters. The Hall–Kier alpha value is -1.53. The normalized spacial score (nSPS) is 15.3. The Morgan fingerprint density at radius 2 is 2.05 bits per heavy atom. The molecule has 0 aliphatic heterocycles. The number of nitrogens with zero attached hydrogens (tertiary/aromatic N) is 1. The van der Waals surface area contributed by atoms with Crippen molar-refractivity contribution in [3.8, 4) is 0 Å². The van der Waals surface area contributed by atoms with Crippen LogP contribution in [0.15, 0.2) is 35.4 Å². The first kappa shape index (κ1) is 14.4. The van der Waals surface area contributed by atoms with Crippen molar-refractivity contribution in [2.45, 2.75) is 24.3 Å². The third-order valence-corrected chi connectivity index (χ3v) is 4.96. The van der Waals surface area contributed by atoms with Crippen LogP contribution < -0.4 is 5.32 Å². The molecule has 1 aliphatic carbocycles. The molecular formula is C14H15ClN2O3S. The van der Waals surface area contributed by atoms with Gasteiger partial charge in [-0.05, 0) is 24.8 Å². The minimum Gasteiger partial charge on any atom is -0.354 e. The quantitative estimate of drug-likeness (QED) is 0.855. The molecule has 1 amide bonds. The molecule has 1 aromatic carbocycles. The number of halogens is 1. The number of aromatic nitrogens is 1. The minimum absolute atomic E-state index is 0.0368. The number of hydrogen-bond acceptors (Lipinski definition) is 3. The third kappa shape index (κ3) is 3.22. The molecule has 1 aromatic heterocycles. The molecule has 112 valence electrons. The van der Waals surface area contributed by atoms with Crippen molar-refractivity contribution >= 4 is 36.5 Å². The van der Waals surface area contributed by atoms with Gasteiger partial charge in [0.2, 0.25) is 5.91 Å². The van der Waals surface area contributed by atoms with Gasteiger partial charge in [-0.2, -0.15) is 0 Å². The van der Waals surface area contributed by atoms with E-state index in [1.807, 2.05) is 0 Å². The van der Waals surface area contributed by atoms with Crippen molar-refractivity contribution in [2.24, 2.45) is 5.92 Å². The van der Waals surface area contributed by atoms with Crippen LogP contribution in [0.5, 0.6) is 0 Å². The average molecular weight is 327 g/mol. The molecule has 0 bridgehead atoms. The number of hydrogen-bond donors (Lipinski definition) is 1. The number of carbonyl (C=O) groups is 1. The van der Waals surface area contributed by atoms with Crippen molar-refractivity contribution in [3.63, 3.8) is 0 Å². The Balaban J connectivity index is 1.89. The van der Waals surface area contributed by atoms with Crippen molar-refractivity contribution in [1.82, 2.24) is 9.88 Å². The summed E-state index contributed by atoms with van der Waals surface area (Å²) in [6.45, 7) is 0.776. The summed E-state index contributed by atoms with van der Waals surface area (Å²) in [6, 6.07) is 7.00. The lowest BCUT2D eigenvalue weighted by Crippen LogP contribution is -2.29. The maximum Gasteiger partial charge on any atom is 0.263 e. The highest BCUT2D eigenvalue weighted by molar-refractivity contribution is 8.14. The molecule has 1 heterocycles. The first-order chi connectivity index (χ1) is 9.95. The highest BCUT2D eigenvalue weighted by atomic mass is 35.7. The van der Waals surface area contributed by atoms with Crippen LogP contribution in [0, 0.1) is 5.92 Å². The van der Waals surface area contributed by atoms with Crippen molar-refractivity contribution in [2.75, 3.05) is 6.54 Å². The minimum atomic E-state index is -3.84. The Kier molecular flexibility index (Phi) is 3.67. The molecule has 1 aliphatic rings. The molecule has 1 saturated carbocycles. The molecule has 0 radical (unpaired) electrons. The van der Waals surface area contributed by atoms with Crippen LogP contribution in [0.2, 0.25) is 0 Å². The van der Waals surface area contributed by atoms with Gasteiger partial charge in [-0.25, -0.2) is 8.42 Å². The lowest BCUT2D eigenvalue weighted by atomic mass is 10.2. The summed E-state index contributed by atoms with van der Waals surface area (Å²) in [7, 11) is 1.62. The standard InChI is InChI=1S/C14H15ClN2O3S/c15-21(19,20)13-8-17(12-4-2-1-3-11(12)13)9-14(18)16-7-10-5-6-10/h1-4,8,10H,5-7,9H2,(H,16,18). The predicted octanol–water partition coefficient (Wildman–Crippen LogP) is 2.09. The molecule has 0 atom stereocenters.